The first-order valence-electron chi connectivity index (χ1n) is 4.67. The Balaban J connectivity index is 3.48. The molecule has 4 heteroatoms. The van der Waals surface area contributed by atoms with Gasteiger partial charge in [0, 0.05) is 5.75 Å². The number of carbonyl (C=O) groups is 1. The summed E-state index contributed by atoms with van der Waals surface area (Å²) in [5.74, 6) is 1.34. The molecule has 0 aromatic rings. The second kappa shape index (κ2) is 7.21. The monoisotopic (exact) mass is 205 g/mol. The fourth-order valence-electron chi connectivity index (χ4n) is 0.957. The van der Waals surface area contributed by atoms with E-state index in [4.69, 9.17) is 10.8 Å². The number of hydrogen-bond donors (Lipinski definition) is 2. The highest BCUT2D eigenvalue weighted by Crippen LogP contribution is 2.15. The van der Waals surface area contributed by atoms with Gasteiger partial charge in [-0.25, -0.2) is 0 Å². The summed E-state index contributed by atoms with van der Waals surface area (Å²) in [6, 6.07) is -0.709. The van der Waals surface area contributed by atoms with E-state index >= 15 is 0 Å². The Bertz CT molecular complexity index is 149. The van der Waals surface area contributed by atoms with E-state index in [1.165, 1.54) is 0 Å². The minimum absolute atomic E-state index is 0.520. The smallest absolute Gasteiger partial charge is 0.321 e. The third kappa shape index (κ3) is 5.93. The summed E-state index contributed by atoms with van der Waals surface area (Å²) in [5, 5.41) is 8.52. The van der Waals surface area contributed by atoms with E-state index in [2.05, 4.69) is 13.8 Å². The summed E-state index contributed by atoms with van der Waals surface area (Å²) in [5.41, 5.74) is 5.37. The Hall–Kier alpha value is -0.220. The van der Waals surface area contributed by atoms with Crippen LogP contribution in [0.4, 0.5) is 0 Å². The fraction of sp³-hybridized carbons (Fsp3) is 0.889. The number of rotatable bonds is 7. The molecule has 13 heavy (non-hydrogen) atoms. The summed E-state index contributed by atoms with van der Waals surface area (Å²) >= 11 is 1.64. The molecule has 0 rings (SSSR count). The number of carboxylic acid groups (broad SMARTS) is 1. The Morgan fingerprint density at radius 2 is 1.92 bits per heavy atom. The van der Waals surface area contributed by atoms with Crippen LogP contribution in [0.2, 0.25) is 0 Å². The summed E-state index contributed by atoms with van der Waals surface area (Å²) in [6.07, 6.45) is 2.32. The van der Waals surface area contributed by atoms with Crippen molar-refractivity contribution >= 4 is 17.7 Å². The standard InChI is InChI=1S/C9H19NO2S/c1-3-7(4-2)5-13-6-8(10)9(11)12/h7-8H,3-6,10H2,1-2H3,(H,11,12)/t8-/m1/s1. The second-order valence-corrected chi connectivity index (χ2v) is 4.24. The maximum Gasteiger partial charge on any atom is 0.321 e. The van der Waals surface area contributed by atoms with Crippen LogP contribution in [-0.4, -0.2) is 28.6 Å². The van der Waals surface area contributed by atoms with Gasteiger partial charge in [0.25, 0.3) is 0 Å². The fourth-order valence-corrected chi connectivity index (χ4v) is 2.29. The van der Waals surface area contributed by atoms with Crippen LogP contribution in [0.25, 0.3) is 0 Å². The zero-order chi connectivity index (χ0) is 10.3. The average Bonchev–Trinajstić information content (AvgIpc) is 2.12. The quantitative estimate of drug-likeness (QED) is 0.662. The molecule has 0 aromatic heterocycles. The maximum atomic E-state index is 10.4. The van der Waals surface area contributed by atoms with Crippen molar-refractivity contribution in [3.05, 3.63) is 0 Å². The minimum atomic E-state index is -0.906. The summed E-state index contributed by atoms with van der Waals surface area (Å²) in [4.78, 5) is 10.4. The third-order valence-electron chi connectivity index (χ3n) is 2.12. The Kier molecular flexibility index (Phi) is 7.09. The zero-order valence-corrected chi connectivity index (χ0v) is 9.14. The normalized spacial score (nSPS) is 13.2. The maximum absolute atomic E-state index is 10.4. The first-order valence-corrected chi connectivity index (χ1v) is 5.83. The highest BCUT2D eigenvalue weighted by atomic mass is 32.2. The molecule has 3 N–H and O–H groups in total. The van der Waals surface area contributed by atoms with Gasteiger partial charge in [-0.2, -0.15) is 11.8 Å². The van der Waals surface area contributed by atoms with Gasteiger partial charge >= 0.3 is 5.97 Å². The van der Waals surface area contributed by atoms with Gasteiger partial charge in [-0.15, -0.1) is 0 Å². The summed E-state index contributed by atoms with van der Waals surface area (Å²) in [6.45, 7) is 4.32. The average molecular weight is 205 g/mol. The van der Waals surface area contributed by atoms with Crippen LogP contribution in [0.3, 0.4) is 0 Å². The number of hydrogen-bond acceptors (Lipinski definition) is 3. The highest BCUT2D eigenvalue weighted by molar-refractivity contribution is 7.99. The first kappa shape index (κ1) is 12.8. The number of nitrogens with two attached hydrogens (primary N) is 1. The molecule has 1 atom stereocenters. The van der Waals surface area contributed by atoms with Crippen LogP contribution in [-0.2, 0) is 4.79 Å². The van der Waals surface area contributed by atoms with Gasteiger partial charge in [-0.3, -0.25) is 4.79 Å². The van der Waals surface area contributed by atoms with E-state index in [0.717, 1.165) is 18.6 Å². The van der Waals surface area contributed by atoms with Crippen molar-refractivity contribution < 1.29 is 9.90 Å². The summed E-state index contributed by atoms with van der Waals surface area (Å²) in [7, 11) is 0. The lowest BCUT2D eigenvalue weighted by Gasteiger charge is -2.12. The molecular formula is C9H19NO2S. The van der Waals surface area contributed by atoms with Crippen LogP contribution in [0.5, 0.6) is 0 Å². The van der Waals surface area contributed by atoms with E-state index in [-0.39, 0.29) is 0 Å². The number of carboxylic acids is 1. The molecule has 78 valence electrons. The predicted molar refractivity (Wildman–Crippen MR) is 57.0 cm³/mol. The molecule has 0 fully saturated rings. The van der Waals surface area contributed by atoms with Crippen LogP contribution < -0.4 is 5.73 Å². The molecule has 0 saturated heterocycles. The summed E-state index contributed by atoms with van der Waals surface area (Å²) < 4.78 is 0. The molecule has 0 unspecified atom stereocenters. The minimum Gasteiger partial charge on any atom is -0.480 e. The molecule has 0 saturated carbocycles. The highest BCUT2D eigenvalue weighted by Gasteiger charge is 2.12. The largest absolute Gasteiger partial charge is 0.480 e. The molecule has 0 amide bonds. The van der Waals surface area contributed by atoms with E-state index in [1.54, 1.807) is 11.8 Å². The van der Waals surface area contributed by atoms with Gasteiger partial charge in [0.1, 0.15) is 6.04 Å². The molecule has 0 radical (unpaired) electrons. The molecule has 0 aromatic carbocycles. The molecule has 0 aliphatic carbocycles. The first-order chi connectivity index (χ1) is 6.11. The van der Waals surface area contributed by atoms with Crippen molar-refractivity contribution in [2.45, 2.75) is 32.7 Å². The van der Waals surface area contributed by atoms with Gasteiger partial charge in [0.15, 0.2) is 0 Å². The van der Waals surface area contributed by atoms with Crippen molar-refractivity contribution in [3.8, 4) is 0 Å². The van der Waals surface area contributed by atoms with Crippen molar-refractivity contribution in [1.82, 2.24) is 0 Å². The van der Waals surface area contributed by atoms with Crippen molar-refractivity contribution in [3.63, 3.8) is 0 Å². The Labute approximate surface area is 84.1 Å². The van der Waals surface area contributed by atoms with Crippen molar-refractivity contribution in [2.24, 2.45) is 11.7 Å². The molecule has 3 nitrogen and oxygen atoms in total. The van der Waals surface area contributed by atoms with Crippen molar-refractivity contribution in [1.29, 1.82) is 0 Å². The van der Waals surface area contributed by atoms with Crippen LogP contribution in [0.15, 0.2) is 0 Å². The Morgan fingerprint density at radius 1 is 1.38 bits per heavy atom. The Morgan fingerprint density at radius 3 is 2.31 bits per heavy atom. The van der Waals surface area contributed by atoms with Crippen LogP contribution >= 0.6 is 11.8 Å². The number of aliphatic carboxylic acids is 1. The second-order valence-electron chi connectivity index (χ2n) is 3.16. The van der Waals surface area contributed by atoms with Gasteiger partial charge in [0.05, 0.1) is 0 Å². The molecule has 0 heterocycles. The molecule has 0 aliphatic heterocycles. The van der Waals surface area contributed by atoms with Gasteiger partial charge in [0.2, 0.25) is 0 Å². The van der Waals surface area contributed by atoms with E-state index < -0.39 is 12.0 Å². The van der Waals surface area contributed by atoms with Gasteiger partial charge < -0.3 is 10.8 Å². The van der Waals surface area contributed by atoms with Crippen LogP contribution in [0.1, 0.15) is 26.7 Å². The lowest BCUT2D eigenvalue weighted by molar-refractivity contribution is -0.137. The molecule has 0 bridgehead atoms. The zero-order valence-electron chi connectivity index (χ0n) is 8.32. The SMILES string of the molecule is CCC(CC)CSC[C@@H](N)C(=O)O. The van der Waals surface area contributed by atoms with Gasteiger partial charge in [-0.05, 0) is 11.7 Å². The lowest BCUT2D eigenvalue weighted by Crippen LogP contribution is -2.32. The van der Waals surface area contributed by atoms with E-state index in [9.17, 15) is 4.79 Å². The molecule has 0 aliphatic rings. The van der Waals surface area contributed by atoms with Crippen LogP contribution in [0, 0.1) is 5.92 Å². The predicted octanol–water partition coefficient (Wildman–Crippen LogP) is 1.57. The van der Waals surface area contributed by atoms with Crippen molar-refractivity contribution in [2.75, 3.05) is 11.5 Å². The van der Waals surface area contributed by atoms with Gasteiger partial charge in [-0.1, -0.05) is 26.7 Å². The van der Waals surface area contributed by atoms with E-state index in [0.29, 0.717) is 11.7 Å². The molecular weight excluding hydrogens is 186 g/mol. The van der Waals surface area contributed by atoms with E-state index in [1.807, 2.05) is 0 Å². The lowest BCUT2D eigenvalue weighted by atomic mass is 10.1. The third-order valence-corrected chi connectivity index (χ3v) is 3.42. The number of thioether (sulfide) groups is 1. The molecule has 0 spiro atoms. The topological polar surface area (TPSA) is 63.3 Å².